The monoisotopic (exact) mass is 283 g/mol. The van der Waals surface area contributed by atoms with Crippen LogP contribution in [0.4, 0.5) is 0 Å². The quantitative estimate of drug-likeness (QED) is 0.668. The molecule has 0 saturated heterocycles. The van der Waals surface area contributed by atoms with Crippen molar-refractivity contribution in [3.8, 4) is 0 Å². The minimum atomic E-state index is -0.343. The first-order valence-corrected chi connectivity index (χ1v) is 6.75. The number of pyridine rings is 1. The number of rotatable bonds is 5. The van der Waals surface area contributed by atoms with E-state index < -0.39 is 0 Å². The van der Waals surface area contributed by atoms with Crippen molar-refractivity contribution in [1.82, 2.24) is 9.99 Å². The maximum atomic E-state index is 11.7. The third kappa shape index (κ3) is 4.42. The summed E-state index contributed by atoms with van der Waals surface area (Å²) in [6, 6.07) is 12.7. The van der Waals surface area contributed by atoms with E-state index in [0.29, 0.717) is 0 Å². The predicted molar refractivity (Wildman–Crippen MR) is 82.3 cm³/mol. The van der Waals surface area contributed by atoms with Crippen LogP contribution < -0.4 is 11.0 Å². The Morgan fingerprint density at radius 2 is 2.00 bits per heavy atom. The second-order valence-electron chi connectivity index (χ2n) is 4.56. The molecule has 0 radical (unpaired) electrons. The Morgan fingerprint density at radius 1 is 1.24 bits per heavy atom. The van der Waals surface area contributed by atoms with Crippen LogP contribution in [0.1, 0.15) is 18.1 Å². The molecule has 1 N–H and O–H groups in total. The molecule has 2 rings (SSSR count). The molecule has 2 aromatic rings. The van der Waals surface area contributed by atoms with E-state index in [9.17, 15) is 9.59 Å². The van der Waals surface area contributed by atoms with Gasteiger partial charge in [-0.15, -0.1) is 0 Å². The van der Waals surface area contributed by atoms with Crippen molar-refractivity contribution in [3.05, 3.63) is 70.1 Å². The van der Waals surface area contributed by atoms with E-state index in [1.807, 2.05) is 24.3 Å². The van der Waals surface area contributed by atoms with Crippen LogP contribution in [0, 0.1) is 0 Å². The fourth-order valence-electron chi connectivity index (χ4n) is 1.80. The van der Waals surface area contributed by atoms with Crippen molar-refractivity contribution in [2.75, 3.05) is 0 Å². The van der Waals surface area contributed by atoms with Crippen LogP contribution in [0.5, 0.6) is 0 Å². The van der Waals surface area contributed by atoms with Crippen LogP contribution >= 0.6 is 0 Å². The number of aryl methyl sites for hydroxylation is 1. The standard InChI is InChI=1S/C16H17N3O2/c1-2-13-6-8-14(9-7-13)11-17-18-15(20)12-19-10-4-3-5-16(19)21/h3-11H,2,12H2,1H3,(H,18,20)/b17-11-. The number of aromatic nitrogens is 1. The van der Waals surface area contributed by atoms with E-state index in [0.717, 1.165) is 12.0 Å². The molecule has 0 aliphatic carbocycles. The highest BCUT2D eigenvalue weighted by Gasteiger charge is 2.01. The summed E-state index contributed by atoms with van der Waals surface area (Å²) in [5, 5.41) is 3.88. The zero-order chi connectivity index (χ0) is 15.1. The topological polar surface area (TPSA) is 63.5 Å². The molecule has 0 spiro atoms. The van der Waals surface area contributed by atoms with E-state index in [-0.39, 0.29) is 18.0 Å². The molecule has 0 saturated carbocycles. The SMILES string of the molecule is CCc1ccc(/C=N\NC(=O)Cn2ccccc2=O)cc1. The number of benzene rings is 1. The highest BCUT2D eigenvalue weighted by Crippen LogP contribution is 2.02. The van der Waals surface area contributed by atoms with Gasteiger partial charge in [0.1, 0.15) is 6.54 Å². The van der Waals surface area contributed by atoms with Crippen molar-refractivity contribution >= 4 is 12.1 Å². The number of amides is 1. The fourth-order valence-corrected chi connectivity index (χ4v) is 1.80. The summed E-state index contributed by atoms with van der Waals surface area (Å²) >= 11 is 0. The Hall–Kier alpha value is -2.69. The average Bonchev–Trinajstić information content (AvgIpc) is 2.50. The Kier molecular flexibility index (Phi) is 5.04. The predicted octanol–water partition coefficient (Wildman–Crippen LogP) is 1.56. The van der Waals surface area contributed by atoms with E-state index in [1.54, 1.807) is 24.5 Å². The van der Waals surface area contributed by atoms with Gasteiger partial charge < -0.3 is 4.57 Å². The molecule has 0 aliphatic rings. The molecule has 1 amide bonds. The Morgan fingerprint density at radius 3 is 2.67 bits per heavy atom. The molecule has 0 aliphatic heterocycles. The molecule has 1 aromatic carbocycles. The maximum Gasteiger partial charge on any atom is 0.260 e. The summed E-state index contributed by atoms with van der Waals surface area (Å²) in [4.78, 5) is 23.1. The third-order valence-corrected chi connectivity index (χ3v) is 3.00. The summed E-state index contributed by atoms with van der Waals surface area (Å²) < 4.78 is 1.32. The van der Waals surface area contributed by atoms with Gasteiger partial charge in [-0.1, -0.05) is 37.3 Å². The molecule has 5 nitrogen and oxygen atoms in total. The van der Waals surface area contributed by atoms with Crippen LogP contribution in [-0.4, -0.2) is 16.7 Å². The summed E-state index contributed by atoms with van der Waals surface area (Å²) in [5.74, 6) is -0.343. The summed E-state index contributed by atoms with van der Waals surface area (Å²) in [5.41, 5.74) is 4.35. The molecule has 21 heavy (non-hydrogen) atoms. The van der Waals surface area contributed by atoms with E-state index in [1.165, 1.54) is 16.2 Å². The molecule has 1 heterocycles. The Labute approximate surface area is 122 Å². The summed E-state index contributed by atoms with van der Waals surface area (Å²) in [6.45, 7) is 2.04. The average molecular weight is 283 g/mol. The second-order valence-corrected chi connectivity index (χ2v) is 4.56. The number of hydrazone groups is 1. The van der Waals surface area contributed by atoms with Gasteiger partial charge in [0.2, 0.25) is 0 Å². The Bertz CT molecular complexity index is 687. The van der Waals surface area contributed by atoms with Crippen molar-refractivity contribution in [2.45, 2.75) is 19.9 Å². The van der Waals surface area contributed by atoms with Gasteiger partial charge in [-0.05, 0) is 23.6 Å². The van der Waals surface area contributed by atoms with Gasteiger partial charge >= 0.3 is 0 Å². The summed E-state index contributed by atoms with van der Waals surface area (Å²) in [6.07, 6.45) is 4.13. The van der Waals surface area contributed by atoms with Crippen LogP contribution in [0.3, 0.4) is 0 Å². The smallest absolute Gasteiger partial charge is 0.260 e. The molecule has 0 bridgehead atoms. The molecule has 108 valence electrons. The van der Waals surface area contributed by atoms with Crippen molar-refractivity contribution < 1.29 is 4.79 Å². The zero-order valence-electron chi connectivity index (χ0n) is 11.8. The van der Waals surface area contributed by atoms with Crippen molar-refractivity contribution in [2.24, 2.45) is 5.10 Å². The lowest BCUT2D eigenvalue weighted by Gasteiger charge is -2.03. The lowest BCUT2D eigenvalue weighted by molar-refractivity contribution is -0.121. The normalized spacial score (nSPS) is 10.7. The molecular formula is C16H17N3O2. The first kappa shape index (κ1) is 14.7. The number of hydrogen-bond acceptors (Lipinski definition) is 3. The highest BCUT2D eigenvalue weighted by atomic mass is 16.2. The fraction of sp³-hybridized carbons (Fsp3) is 0.188. The van der Waals surface area contributed by atoms with E-state index in [2.05, 4.69) is 17.5 Å². The van der Waals surface area contributed by atoms with Crippen LogP contribution in [-0.2, 0) is 17.8 Å². The van der Waals surface area contributed by atoms with Crippen LogP contribution in [0.15, 0.2) is 58.6 Å². The van der Waals surface area contributed by atoms with Crippen LogP contribution in [0.25, 0.3) is 0 Å². The second kappa shape index (κ2) is 7.19. The number of nitrogens with one attached hydrogen (secondary N) is 1. The number of hydrogen-bond donors (Lipinski definition) is 1. The van der Waals surface area contributed by atoms with E-state index >= 15 is 0 Å². The minimum absolute atomic E-state index is 0.0498. The third-order valence-electron chi connectivity index (χ3n) is 3.00. The lowest BCUT2D eigenvalue weighted by Crippen LogP contribution is -2.28. The van der Waals surface area contributed by atoms with Crippen molar-refractivity contribution in [1.29, 1.82) is 0 Å². The van der Waals surface area contributed by atoms with Gasteiger partial charge in [0, 0.05) is 12.3 Å². The zero-order valence-corrected chi connectivity index (χ0v) is 11.8. The van der Waals surface area contributed by atoms with Gasteiger partial charge in [0.15, 0.2) is 0 Å². The first-order chi connectivity index (χ1) is 10.2. The molecule has 1 aromatic heterocycles. The van der Waals surface area contributed by atoms with Gasteiger partial charge in [0.05, 0.1) is 6.21 Å². The molecule has 0 atom stereocenters. The summed E-state index contributed by atoms with van der Waals surface area (Å²) in [7, 11) is 0. The Balaban J connectivity index is 1.90. The van der Waals surface area contributed by atoms with Crippen LogP contribution in [0.2, 0.25) is 0 Å². The highest BCUT2D eigenvalue weighted by molar-refractivity contribution is 5.82. The van der Waals surface area contributed by atoms with Gasteiger partial charge in [-0.3, -0.25) is 9.59 Å². The molecule has 0 unspecified atom stereocenters. The first-order valence-electron chi connectivity index (χ1n) is 6.75. The molecule has 5 heteroatoms. The molecule has 0 fully saturated rings. The van der Waals surface area contributed by atoms with Gasteiger partial charge in [-0.2, -0.15) is 5.10 Å². The van der Waals surface area contributed by atoms with E-state index in [4.69, 9.17) is 0 Å². The maximum absolute atomic E-state index is 11.7. The van der Waals surface area contributed by atoms with Gasteiger partial charge in [0.25, 0.3) is 11.5 Å². The van der Waals surface area contributed by atoms with Gasteiger partial charge in [-0.25, -0.2) is 5.43 Å². The number of nitrogens with zero attached hydrogens (tertiary/aromatic N) is 2. The lowest BCUT2D eigenvalue weighted by atomic mass is 10.1. The number of carbonyl (C=O) groups is 1. The number of carbonyl (C=O) groups excluding carboxylic acids is 1. The molecular weight excluding hydrogens is 266 g/mol. The largest absolute Gasteiger partial charge is 0.306 e. The van der Waals surface area contributed by atoms with Crippen molar-refractivity contribution in [3.63, 3.8) is 0 Å². The minimum Gasteiger partial charge on any atom is -0.306 e.